The lowest BCUT2D eigenvalue weighted by atomic mass is 10.0. The number of aromatic nitrogens is 1. The molecule has 0 aliphatic carbocycles. The highest BCUT2D eigenvalue weighted by Gasteiger charge is 2.15. The van der Waals surface area contributed by atoms with Crippen LogP contribution in [0, 0.1) is 6.92 Å². The normalized spacial score (nSPS) is 12.2. The van der Waals surface area contributed by atoms with Crippen LogP contribution in [0.2, 0.25) is 0 Å². The van der Waals surface area contributed by atoms with Crippen molar-refractivity contribution >= 4 is 5.97 Å². The summed E-state index contributed by atoms with van der Waals surface area (Å²) >= 11 is 0. The van der Waals surface area contributed by atoms with Crippen LogP contribution < -0.4 is 0 Å². The zero-order valence-corrected chi connectivity index (χ0v) is 8.78. The standard InChI is InChI=1S/C11H15NO2/c1-4-14-11(13)9(3)10-5-6-12-8(2)7-10/h5-7,9H,4H2,1-3H3. The number of ether oxygens (including phenoxy) is 1. The molecule has 14 heavy (non-hydrogen) atoms. The van der Waals surface area contributed by atoms with Crippen molar-refractivity contribution in [3.63, 3.8) is 0 Å². The summed E-state index contributed by atoms with van der Waals surface area (Å²) in [4.78, 5) is 15.5. The smallest absolute Gasteiger partial charge is 0.313 e. The van der Waals surface area contributed by atoms with Gasteiger partial charge in [0.25, 0.3) is 0 Å². The van der Waals surface area contributed by atoms with E-state index in [0.717, 1.165) is 11.3 Å². The second-order valence-corrected chi connectivity index (χ2v) is 3.20. The molecule has 0 aromatic carbocycles. The largest absolute Gasteiger partial charge is 0.466 e. The van der Waals surface area contributed by atoms with Crippen molar-refractivity contribution in [2.24, 2.45) is 0 Å². The molecule has 1 aromatic rings. The molecular weight excluding hydrogens is 178 g/mol. The molecule has 0 bridgehead atoms. The Balaban J connectivity index is 2.78. The fraction of sp³-hybridized carbons (Fsp3) is 0.455. The molecule has 3 heteroatoms. The van der Waals surface area contributed by atoms with Crippen LogP contribution in [0.1, 0.15) is 31.0 Å². The summed E-state index contributed by atoms with van der Waals surface area (Å²) in [5.41, 5.74) is 1.87. The molecule has 76 valence electrons. The van der Waals surface area contributed by atoms with E-state index in [0.29, 0.717) is 6.61 Å². The van der Waals surface area contributed by atoms with E-state index in [1.807, 2.05) is 32.9 Å². The third-order valence-electron chi connectivity index (χ3n) is 2.06. The number of pyridine rings is 1. The maximum Gasteiger partial charge on any atom is 0.313 e. The molecule has 1 atom stereocenters. The summed E-state index contributed by atoms with van der Waals surface area (Å²) in [6.45, 7) is 5.98. The molecule has 1 unspecified atom stereocenters. The van der Waals surface area contributed by atoms with E-state index in [2.05, 4.69) is 4.98 Å². The van der Waals surface area contributed by atoms with Crippen molar-refractivity contribution in [1.82, 2.24) is 4.98 Å². The van der Waals surface area contributed by atoms with Gasteiger partial charge in [0.15, 0.2) is 0 Å². The van der Waals surface area contributed by atoms with Crippen LogP contribution >= 0.6 is 0 Å². The van der Waals surface area contributed by atoms with Gasteiger partial charge in [-0.1, -0.05) is 0 Å². The van der Waals surface area contributed by atoms with Gasteiger partial charge in [-0.25, -0.2) is 0 Å². The minimum Gasteiger partial charge on any atom is -0.466 e. The van der Waals surface area contributed by atoms with Crippen molar-refractivity contribution in [3.05, 3.63) is 29.6 Å². The zero-order chi connectivity index (χ0) is 10.6. The third-order valence-corrected chi connectivity index (χ3v) is 2.06. The molecule has 0 radical (unpaired) electrons. The Morgan fingerprint density at radius 1 is 1.64 bits per heavy atom. The highest BCUT2D eigenvalue weighted by atomic mass is 16.5. The summed E-state index contributed by atoms with van der Waals surface area (Å²) < 4.78 is 4.94. The summed E-state index contributed by atoms with van der Waals surface area (Å²) in [6.07, 6.45) is 1.71. The second kappa shape index (κ2) is 4.74. The van der Waals surface area contributed by atoms with Gasteiger partial charge in [0.05, 0.1) is 12.5 Å². The van der Waals surface area contributed by atoms with Gasteiger partial charge in [-0.15, -0.1) is 0 Å². The summed E-state index contributed by atoms with van der Waals surface area (Å²) in [7, 11) is 0. The molecule has 0 amide bonds. The fourth-order valence-corrected chi connectivity index (χ4v) is 1.24. The Labute approximate surface area is 84.1 Å². The van der Waals surface area contributed by atoms with E-state index in [1.165, 1.54) is 0 Å². The number of carbonyl (C=O) groups is 1. The number of aryl methyl sites for hydroxylation is 1. The number of hydrogen-bond acceptors (Lipinski definition) is 3. The maximum atomic E-state index is 11.4. The average molecular weight is 193 g/mol. The number of hydrogen-bond donors (Lipinski definition) is 0. The molecule has 1 rings (SSSR count). The Kier molecular flexibility index (Phi) is 3.63. The third kappa shape index (κ3) is 2.55. The van der Waals surface area contributed by atoms with E-state index in [9.17, 15) is 4.79 Å². The first-order valence-corrected chi connectivity index (χ1v) is 4.74. The molecule has 0 N–H and O–H groups in total. The van der Waals surface area contributed by atoms with Gasteiger partial charge < -0.3 is 4.74 Å². The van der Waals surface area contributed by atoms with Crippen molar-refractivity contribution in [3.8, 4) is 0 Å². The number of nitrogens with zero attached hydrogens (tertiary/aromatic N) is 1. The van der Waals surface area contributed by atoms with E-state index >= 15 is 0 Å². The Morgan fingerprint density at radius 2 is 2.36 bits per heavy atom. The first-order chi connectivity index (χ1) is 6.65. The Morgan fingerprint density at radius 3 is 2.93 bits per heavy atom. The molecule has 0 spiro atoms. The van der Waals surface area contributed by atoms with Crippen molar-refractivity contribution in [2.75, 3.05) is 6.61 Å². The fourth-order valence-electron chi connectivity index (χ4n) is 1.24. The van der Waals surface area contributed by atoms with Gasteiger partial charge in [0.2, 0.25) is 0 Å². The van der Waals surface area contributed by atoms with Crippen molar-refractivity contribution in [2.45, 2.75) is 26.7 Å². The topological polar surface area (TPSA) is 39.2 Å². The lowest BCUT2D eigenvalue weighted by Gasteiger charge is -2.10. The lowest BCUT2D eigenvalue weighted by Crippen LogP contribution is -2.13. The van der Waals surface area contributed by atoms with Crippen molar-refractivity contribution < 1.29 is 9.53 Å². The predicted molar refractivity (Wildman–Crippen MR) is 54.0 cm³/mol. The van der Waals surface area contributed by atoms with E-state index in [-0.39, 0.29) is 11.9 Å². The van der Waals surface area contributed by atoms with Crippen molar-refractivity contribution in [1.29, 1.82) is 0 Å². The van der Waals surface area contributed by atoms with E-state index in [1.54, 1.807) is 6.20 Å². The van der Waals surface area contributed by atoms with E-state index in [4.69, 9.17) is 4.74 Å². The quantitative estimate of drug-likeness (QED) is 0.690. The van der Waals surface area contributed by atoms with Gasteiger partial charge in [-0.3, -0.25) is 9.78 Å². The lowest BCUT2D eigenvalue weighted by molar-refractivity contribution is -0.144. The first-order valence-electron chi connectivity index (χ1n) is 4.74. The second-order valence-electron chi connectivity index (χ2n) is 3.20. The molecule has 0 fully saturated rings. The van der Waals surface area contributed by atoms with Gasteiger partial charge in [-0.05, 0) is 38.5 Å². The minimum absolute atomic E-state index is 0.182. The molecule has 1 heterocycles. The van der Waals surface area contributed by atoms with E-state index < -0.39 is 0 Å². The summed E-state index contributed by atoms with van der Waals surface area (Å²) in [6, 6.07) is 3.75. The van der Waals surface area contributed by atoms with Crippen LogP contribution in [0.25, 0.3) is 0 Å². The highest BCUT2D eigenvalue weighted by molar-refractivity contribution is 5.77. The monoisotopic (exact) mass is 193 g/mol. The molecule has 1 aromatic heterocycles. The average Bonchev–Trinajstić information content (AvgIpc) is 2.17. The van der Waals surface area contributed by atoms with Crippen LogP contribution in [0.4, 0.5) is 0 Å². The number of carbonyl (C=O) groups excluding carboxylic acids is 1. The number of esters is 1. The molecular formula is C11H15NO2. The zero-order valence-electron chi connectivity index (χ0n) is 8.78. The first kappa shape index (κ1) is 10.7. The molecule has 0 aliphatic heterocycles. The highest BCUT2D eigenvalue weighted by Crippen LogP contribution is 2.16. The maximum absolute atomic E-state index is 11.4. The van der Waals surface area contributed by atoms with Crippen LogP contribution in [-0.4, -0.2) is 17.6 Å². The van der Waals surface area contributed by atoms with Crippen LogP contribution in [0.3, 0.4) is 0 Å². The van der Waals surface area contributed by atoms with Crippen LogP contribution in [-0.2, 0) is 9.53 Å². The Bertz CT molecular complexity index is 323. The molecule has 0 saturated carbocycles. The van der Waals surface area contributed by atoms with Gasteiger partial charge in [0.1, 0.15) is 0 Å². The van der Waals surface area contributed by atoms with Gasteiger partial charge >= 0.3 is 5.97 Å². The summed E-state index contributed by atoms with van der Waals surface area (Å²) in [5, 5.41) is 0. The van der Waals surface area contributed by atoms with Crippen LogP contribution in [0.5, 0.6) is 0 Å². The predicted octanol–water partition coefficient (Wildman–Crippen LogP) is 2.06. The number of rotatable bonds is 3. The van der Waals surface area contributed by atoms with Gasteiger partial charge in [0, 0.05) is 11.9 Å². The molecule has 3 nitrogen and oxygen atoms in total. The Hall–Kier alpha value is -1.38. The molecule has 0 saturated heterocycles. The van der Waals surface area contributed by atoms with Crippen LogP contribution in [0.15, 0.2) is 18.3 Å². The SMILES string of the molecule is CCOC(=O)C(C)c1ccnc(C)c1. The molecule has 0 aliphatic rings. The minimum atomic E-state index is -0.211. The van der Waals surface area contributed by atoms with Gasteiger partial charge in [-0.2, -0.15) is 0 Å². The summed E-state index contributed by atoms with van der Waals surface area (Å²) in [5.74, 6) is -0.394.